The van der Waals surface area contributed by atoms with Crippen LogP contribution in [0.25, 0.3) is 11.1 Å². The fourth-order valence-corrected chi connectivity index (χ4v) is 2.41. The number of aryl methyl sites for hydroxylation is 1. The van der Waals surface area contributed by atoms with E-state index < -0.39 is 0 Å². The number of carbonyl (C=O) groups excluding carboxylic acids is 1. The molecule has 0 saturated heterocycles. The number of hydrogen-bond donors (Lipinski definition) is 1. The monoisotopic (exact) mass is 303 g/mol. The predicted molar refractivity (Wildman–Crippen MR) is 89.8 cm³/mol. The molecule has 4 heteroatoms. The Hall–Kier alpha value is -3.01. The molecule has 23 heavy (non-hydrogen) atoms. The molecule has 0 aliphatic rings. The van der Waals surface area contributed by atoms with Gasteiger partial charge in [0.25, 0.3) is 5.91 Å². The summed E-state index contributed by atoms with van der Waals surface area (Å²) in [4.78, 5) is 20.3. The van der Waals surface area contributed by atoms with E-state index in [1.807, 2.05) is 37.3 Å². The molecule has 0 radical (unpaired) electrons. The van der Waals surface area contributed by atoms with Crippen LogP contribution in [0.15, 0.2) is 67.3 Å². The summed E-state index contributed by atoms with van der Waals surface area (Å²) in [6.07, 6.45) is 6.87. The van der Waals surface area contributed by atoms with Gasteiger partial charge in [0.2, 0.25) is 0 Å². The molecule has 1 aromatic carbocycles. The first kappa shape index (κ1) is 14.9. The molecular weight excluding hydrogens is 286 g/mol. The van der Waals surface area contributed by atoms with Gasteiger partial charge >= 0.3 is 0 Å². The van der Waals surface area contributed by atoms with Crippen LogP contribution in [-0.2, 0) is 6.54 Å². The lowest BCUT2D eigenvalue weighted by atomic mass is 10.0. The van der Waals surface area contributed by atoms with Crippen molar-refractivity contribution in [1.82, 2.24) is 15.3 Å². The van der Waals surface area contributed by atoms with Crippen LogP contribution in [0.5, 0.6) is 0 Å². The summed E-state index contributed by atoms with van der Waals surface area (Å²) in [6, 6.07) is 13.8. The van der Waals surface area contributed by atoms with E-state index >= 15 is 0 Å². The Kier molecular flexibility index (Phi) is 4.43. The van der Waals surface area contributed by atoms with Crippen LogP contribution in [0.4, 0.5) is 0 Å². The van der Waals surface area contributed by atoms with Gasteiger partial charge in [-0.1, -0.05) is 18.2 Å². The normalized spacial score (nSPS) is 10.3. The maximum atomic E-state index is 12.2. The molecule has 0 unspecified atom stereocenters. The van der Waals surface area contributed by atoms with Crippen molar-refractivity contribution in [2.24, 2.45) is 0 Å². The first-order valence-electron chi connectivity index (χ1n) is 7.42. The van der Waals surface area contributed by atoms with E-state index in [2.05, 4.69) is 21.4 Å². The van der Waals surface area contributed by atoms with Gasteiger partial charge in [-0.25, -0.2) is 0 Å². The van der Waals surface area contributed by atoms with Crippen molar-refractivity contribution in [1.29, 1.82) is 0 Å². The fraction of sp³-hybridized carbons (Fsp3) is 0.105. The predicted octanol–water partition coefficient (Wildman–Crippen LogP) is 3.38. The summed E-state index contributed by atoms with van der Waals surface area (Å²) in [5.74, 6) is -0.0841. The van der Waals surface area contributed by atoms with Crippen molar-refractivity contribution in [3.63, 3.8) is 0 Å². The lowest BCUT2D eigenvalue weighted by Gasteiger charge is -2.09. The highest BCUT2D eigenvalue weighted by Crippen LogP contribution is 2.19. The molecule has 0 fully saturated rings. The van der Waals surface area contributed by atoms with Gasteiger partial charge in [-0.15, -0.1) is 0 Å². The summed E-state index contributed by atoms with van der Waals surface area (Å²) in [5, 5.41) is 2.96. The van der Waals surface area contributed by atoms with Crippen LogP contribution in [0.3, 0.4) is 0 Å². The molecule has 3 aromatic rings. The maximum absolute atomic E-state index is 12.2. The van der Waals surface area contributed by atoms with Crippen LogP contribution in [0.2, 0.25) is 0 Å². The second kappa shape index (κ2) is 6.83. The lowest BCUT2D eigenvalue weighted by molar-refractivity contribution is 0.0950. The third kappa shape index (κ3) is 3.61. The Morgan fingerprint density at radius 1 is 1.00 bits per heavy atom. The Morgan fingerprint density at radius 2 is 1.78 bits per heavy atom. The number of benzene rings is 1. The van der Waals surface area contributed by atoms with Crippen molar-refractivity contribution in [2.75, 3.05) is 0 Å². The number of nitrogens with zero attached hydrogens (tertiary/aromatic N) is 2. The Morgan fingerprint density at radius 3 is 2.57 bits per heavy atom. The lowest BCUT2D eigenvalue weighted by Crippen LogP contribution is -2.23. The van der Waals surface area contributed by atoms with Crippen molar-refractivity contribution >= 4 is 5.91 Å². The first-order chi connectivity index (χ1) is 11.2. The van der Waals surface area contributed by atoms with Crippen LogP contribution in [0.1, 0.15) is 21.5 Å². The number of pyridine rings is 2. The summed E-state index contributed by atoms with van der Waals surface area (Å²) >= 11 is 0. The largest absolute Gasteiger partial charge is 0.348 e. The number of aromatic nitrogens is 2. The molecule has 0 aliphatic heterocycles. The molecule has 3 rings (SSSR count). The third-order valence-corrected chi connectivity index (χ3v) is 3.66. The second-order valence-electron chi connectivity index (χ2n) is 5.31. The standard InChI is InChI=1S/C19H17N3O/c1-14-12-21-10-7-18(14)19(23)22-13-15-3-2-4-17(11-15)16-5-8-20-9-6-16/h2-12H,13H2,1H3,(H,22,23). The Bertz CT molecular complexity index is 816. The van der Waals surface area contributed by atoms with E-state index in [9.17, 15) is 4.79 Å². The third-order valence-electron chi connectivity index (χ3n) is 3.66. The average molecular weight is 303 g/mol. The van der Waals surface area contributed by atoms with Crippen molar-refractivity contribution in [2.45, 2.75) is 13.5 Å². The molecule has 0 saturated carbocycles. The van der Waals surface area contributed by atoms with Crippen molar-refractivity contribution < 1.29 is 4.79 Å². The summed E-state index contributed by atoms with van der Waals surface area (Å²) in [6.45, 7) is 2.37. The fourth-order valence-electron chi connectivity index (χ4n) is 2.41. The van der Waals surface area contributed by atoms with Crippen LogP contribution in [-0.4, -0.2) is 15.9 Å². The quantitative estimate of drug-likeness (QED) is 0.804. The molecule has 0 aliphatic carbocycles. The minimum absolute atomic E-state index is 0.0841. The Balaban J connectivity index is 1.72. The zero-order valence-corrected chi connectivity index (χ0v) is 12.9. The SMILES string of the molecule is Cc1cnccc1C(=O)NCc1cccc(-c2ccncc2)c1. The average Bonchev–Trinajstić information content (AvgIpc) is 2.61. The van der Waals surface area contributed by atoms with E-state index in [0.717, 1.165) is 22.3 Å². The topological polar surface area (TPSA) is 54.9 Å². The van der Waals surface area contributed by atoms with Crippen LogP contribution in [0, 0.1) is 6.92 Å². The van der Waals surface area contributed by atoms with Gasteiger partial charge in [0.05, 0.1) is 0 Å². The zero-order chi connectivity index (χ0) is 16.1. The van der Waals surface area contributed by atoms with Gasteiger partial charge in [-0.05, 0) is 53.4 Å². The number of rotatable bonds is 4. The molecule has 2 aromatic heterocycles. The summed E-state index contributed by atoms with van der Waals surface area (Å²) in [5.41, 5.74) is 4.80. The highest BCUT2D eigenvalue weighted by atomic mass is 16.1. The van der Waals surface area contributed by atoms with Crippen LogP contribution < -0.4 is 5.32 Å². The van der Waals surface area contributed by atoms with E-state index in [-0.39, 0.29) is 5.91 Å². The van der Waals surface area contributed by atoms with Gasteiger partial charge in [-0.3, -0.25) is 14.8 Å². The van der Waals surface area contributed by atoms with E-state index in [0.29, 0.717) is 12.1 Å². The number of hydrogen-bond acceptors (Lipinski definition) is 3. The van der Waals surface area contributed by atoms with E-state index in [1.165, 1.54) is 0 Å². The second-order valence-corrected chi connectivity index (χ2v) is 5.31. The van der Waals surface area contributed by atoms with Crippen LogP contribution >= 0.6 is 0 Å². The van der Waals surface area contributed by atoms with Crippen molar-refractivity contribution in [3.05, 3.63) is 83.9 Å². The number of amides is 1. The molecule has 4 nitrogen and oxygen atoms in total. The van der Waals surface area contributed by atoms with Gasteiger partial charge < -0.3 is 5.32 Å². The first-order valence-corrected chi connectivity index (χ1v) is 7.42. The summed E-state index contributed by atoms with van der Waals surface area (Å²) < 4.78 is 0. The van der Waals surface area contributed by atoms with Gasteiger partial charge in [-0.2, -0.15) is 0 Å². The van der Waals surface area contributed by atoms with Gasteiger partial charge in [0.15, 0.2) is 0 Å². The minimum Gasteiger partial charge on any atom is -0.348 e. The van der Waals surface area contributed by atoms with Gasteiger partial charge in [0, 0.05) is 36.9 Å². The highest BCUT2D eigenvalue weighted by molar-refractivity contribution is 5.95. The molecule has 0 bridgehead atoms. The highest BCUT2D eigenvalue weighted by Gasteiger charge is 2.08. The molecule has 2 heterocycles. The molecule has 0 spiro atoms. The zero-order valence-electron chi connectivity index (χ0n) is 12.9. The number of carbonyl (C=O) groups is 1. The Labute approximate surface area is 135 Å². The van der Waals surface area contributed by atoms with Crippen molar-refractivity contribution in [3.8, 4) is 11.1 Å². The minimum atomic E-state index is -0.0841. The molecule has 1 amide bonds. The molecule has 114 valence electrons. The van der Waals surface area contributed by atoms with E-state index in [4.69, 9.17) is 0 Å². The van der Waals surface area contributed by atoms with E-state index in [1.54, 1.807) is 30.9 Å². The maximum Gasteiger partial charge on any atom is 0.251 e. The smallest absolute Gasteiger partial charge is 0.251 e. The molecule has 1 N–H and O–H groups in total. The summed E-state index contributed by atoms with van der Waals surface area (Å²) in [7, 11) is 0. The van der Waals surface area contributed by atoms with Gasteiger partial charge in [0.1, 0.15) is 0 Å². The molecule has 0 atom stereocenters. The number of nitrogens with one attached hydrogen (secondary N) is 1. The molecular formula is C19H17N3O.